The predicted molar refractivity (Wildman–Crippen MR) is 160 cm³/mol. The number of carboxylic acid groups (broad SMARTS) is 1. The number of carbonyl (C=O) groups excluding carboxylic acids is 1. The van der Waals surface area contributed by atoms with E-state index in [9.17, 15) is 9.59 Å². The maximum Gasteiger partial charge on any atom is 0.404 e. The summed E-state index contributed by atoms with van der Waals surface area (Å²) in [4.78, 5) is 26.8. The van der Waals surface area contributed by atoms with Crippen LogP contribution in [0.25, 0.3) is 11.1 Å². The van der Waals surface area contributed by atoms with E-state index in [4.69, 9.17) is 21.4 Å². The Labute approximate surface area is 243 Å². The van der Waals surface area contributed by atoms with Gasteiger partial charge in [-0.25, -0.2) is 4.79 Å². The van der Waals surface area contributed by atoms with Crippen LogP contribution >= 0.6 is 11.6 Å². The van der Waals surface area contributed by atoms with Crippen LogP contribution in [-0.2, 0) is 16.0 Å². The molecule has 2 unspecified atom stereocenters. The van der Waals surface area contributed by atoms with Gasteiger partial charge in [-0.15, -0.1) is 0 Å². The van der Waals surface area contributed by atoms with E-state index in [1.807, 2.05) is 19.2 Å². The Morgan fingerprint density at radius 3 is 2.62 bits per heavy atom. The zero-order chi connectivity index (χ0) is 28.5. The Bertz CT molecular complexity index is 1130. The van der Waals surface area contributed by atoms with Crippen LogP contribution in [0.4, 0.5) is 4.79 Å². The van der Waals surface area contributed by atoms with E-state index in [-0.39, 0.29) is 37.0 Å². The van der Waals surface area contributed by atoms with Gasteiger partial charge in [-0.05, 0) is 87.2 Å². The first-order valence-corrected chi connectivity index (χ1v) is 15.2. The van der Waals surface area contributed by atoms with Gasteiger partial charge in [0.1, 0.15) is 0 Å². The summed E-state index contributed by atoms with van der Waals surface area (Å²) in [7, 11) is 1.99. The standard InChI is InChI=1S/C32H44ClN3O4/c1-3-22-7-4-8-25(19-22)29-27(10-5-11-28(29)33)30(40-18-16-35-32(38)39)26-9-6-17-36(21-26)31(37)24-14-12-23(13-15-24)20-34-2/h4-5,7-8,10-11,19,23-24,26,30,34-35H,3,6,9,12-18,20-21H2,1-2H3,(H,38,39)/t23-,24-,26?,30?. The van der Waals surface area contributed by atoms with Crippen LogP contribution in [0.15, 0.2) is 42.5 Å². The van der Waals surface area contributed by atoms with Gasteiger partial charge >= 0.3 is 6.09 Å². The molecule has 2 aromatic rings. The van der Waals surface area contributed by atoms with Gasteiger partial charge < -0.3 is 25.4 Å². The van der Waals surface area contributed by atoms with Crippen molar-refractivity contribution in [2.45, 2.75) is 58.0 Å². The van der Waals surface area contributed by atoms with Crippen LogP contribution in [0.5, 0.6) is 0 Å². The van der Waals surface area contributed by atoms with Gasteiger partial charge in [0.05, 0.1) is 12.7 Å². The van der Waals surface area contributed by atoms with Gasteiger partial charge in [-0.2, -0.15) is 0 Å². The first-order valence-electron chi connectivity index (χ1n) is 14.8. The third-order valence-electron chi connectivity index (χ3n) is 8.54. The Morgan fingerprint density at radius 1 is 1.12 bits per heavy atom. The Kier molecular flexibility index (Phi) is 11.3. The van der Waals surface area contributed by atoms with Crippen molar-refractivity contribution in [1.82, 2.24) is 15.5 Å². The number of halogens is 1. The molecule has 1 aliphatic heterocycles. The highest BCUT2D eigenvalue weighted by Crippen LogP contribution is 2.42. The molecule has 1 aliphatic carbocycles. The zero-order valence-electron chi connectivity index (χ0n) is 23.8. The summed E-state index contributed by atoms with van der Waals surface area (Å²) < 4.78 is 6.48. The summed E-state index contributed by atoms with van der Waals surface area (Å²) in [5, 5.41) is 15.4. The maximum atomic E-state index is 13.6. The van der Waals surface area contributed by atoms with Gasteiger partial charge in [0.25, 0.3) is 0 Å². The van der Waals surface area contributed by atoms with E-state index in [2.05, 4.69) is 52.8 Å². The highest BCUT2D eigenvalue weighted by atomic mass is 35.5. The number of carbonyl (C=O) groups is 2. The van der Waals surface area contributed by atoms with Crippen LogP contribution in [0.2, 0.25) is 5.02 Å². The molecule has 218 valence electrons. The van der Waals surface area contributed by atoms with Gasteiger partial charge in [0.2, 0.25) is 5.91 Å². The number of hydrogen-bond acceptors (Lipinski definition) is 4. The molecule has 1 saturated carbocycles. The highest BCUT2D eigenvalue weighted by molar-refractivity contribution is 6.33. The summed E-state index contributed by atoms with van der Waals surface area (Å²) in [6.07, 6.45) is 5.48. The topological polar surface area (TPSA) is 90.9 Å². The molecule has 0 bridgehead atoms. The number of piperidine rings is 1. The summed E-state index contributed by atoms with van der Waals surface area (Å²) in [6, 6.07) is 14.3. The van der Waals surface area contributed by atoms with Crippen molar-refractivity contribution < 1.29 is 19.4 Å². The van der Waals surface area contributed by atoms with E-state index >= 15 is 0 Å². The lowest BCUT2D eigenvalue weighted by Gasteiger charge is -2.40. The summed E-state index contributed by atoms with van der Waals surface area (Å²) in [5.74, 6) is 1.12. The molecule has 40 heavy (non-hydrogen) atoms. The molecule has 1 saturated heterocycles. The Hall–Kier alpha value is -2.61. The molecular formula is C32H44ClN3O4. The second-order valence-corrected chi connectivity index (χ2v) is 11.7. The number of nitrogens with zero attached hydrogens (tertiary/aromatic N) is 1. The van der Waals surface area contributed by atoms with Gasteiger partial charge in [0.15, 0.2) is 0 Å². The number of aryl methyl sites for hydroxylation is 1. The minimum atomic E-state index is -1.07. The minimum Gasteiger partial charge on any atom is -0.465 e. The smallest absolute Gasteiger partial charge is 0.404 e. The molecule has 8 heteroatoms. The van der Waals surface area contributed by atoms with Crippen LogP contribution in [0, 0.1) is 17.8 Å². The number of nitrogens with one attached hydrogen (secondary N) is 2. The summed E-state index contributed by atoms with van der Waals surface area (Å²) >= 11 is 6.85. The molecule has 2 amide bonds. The van der Waals surface area contributed by atoms with Crippen molar-refractivity contribution in [1.29, 1.82) is 0 Å². The SMILES string of the molecule is CCc1cccc(-c2c(Cl)cccc2C(OCCNC(=O)O)C2CCCN(C(=O)[C@H]3CC[C@H](CNC)CC3)C2)c1. The quantitative estimate of drug-likeness (QED) is 0.282. The minimum absolute atomic E-state index is 0.0785. The molecule has 2 atom stereocenters. The first-order chi connectivity index (χ1) is 19.4. The molecule has 0 spiro atoms. The monoisotopic (exact) mass is 569 g/mol. The van der Waals surface area contributed by atoms with Crippen molar-refractivity contribution in [2.75, 3.05) is 39.8 Å². The van der Waals surface area contributed by atoms with Crippen molar-refractivity contribution in [3.8, 4) is 11.1 Å². The van der Waals surface area contributed by atoms with E-state index in [1.54, 1.807) is 0 Å². The van der Waals surface area contributed by atoms with E-state index < -0.39 is 6.09 Å². The molecule has 3 N–H and O–H groups in total. The second kappa shape index (κ2) is 14.9. The Balaban J connectivity index is 1.58. The van der Waals surface area contributed by atoms with Crippen molar-refractivity contribution in [2.24, 2.45) is 17.8 Å². The lowest BCUT2D eigenvalue weighted by atomic mass is 9.80. The van der Waals surface area contributed by atoms with Gasteiger partial charge in [-0.3, -0.25) is 4.79 Å². The first kappa shape index (κ1) is 30.4. The number of benzene rings is 2. The number of rotatable bonds is 11. The fourth-order valence-electron chi connectivity index (χ4n) is 6.47. The fourth-order valence-corrected chi connectivity index (χ4v) is 6.76. The summed E-state index contributed by atoms with van der Waals surface area (Å²) in [5.41, 5.74) is 4.20. The average Bonchev–Trinajstić information content (AvgIpc) is 2.97. The number of amides is 2. The fraction of sp³-hybridized carbons (Fsp3) is 0.562. The van der Waals surface area contributed by atoms with Crippen molar-refractivity contribution in [3.63, 3.8) is 0 Å². The van der Waals surface area contributed by atoms with Gasteiger partial charge in [0, 0.05) is 42.1 Å². The second-order valence-electron chi connectivity index (χ2n) is 11.2. The van der Waals surface area contributed by atoms with E-state index in [0.717, 1.165) is 74.7 Å². The Morgan fingerprint density at radius 2 is 1.90 bits per heavy atom. The number of hydrogen-bond donors (Lipinski definition) is 3. The molecule has 2 aromatic carbocycles. The number of likely N-dealkylation sites (tertiary alicyclic amines) is 1. The van der Waals surface area contributed by atoms with Crippen LogP contribution in [-0.4, -0.2) is 61.8 Å². The van der Waals surface area contributed by atoms with Gasteiger partial charge in [-0.1, -0.05) is 54.9 Å². The van der Waals surface area contributed by atoms with Crippen molar-refractivity contribution in [3.05, 3.63) is 58.6 Å². The zero-order valence-corrected chi connectivity index (χ0v) is 24.6. The van der Waals surface area contributed by atoms with Crippen LogP contribution in [0.3, 0.4) is 0 Å². The average molecular weight is 570 g/mol. The molecule has 2 aliphatic rings. The highest BCUT2D eigenvalue weighted by Gasteiger charge is 2.36. The molecule has 4 rings (SSSR count). The largest absolute Gasteiger partial charge is 0.465 e. The molecule has 1 heterocycles. The predicted octanol–water partition coefficient (Wildman–Crippen LogP) is 6.16. The van der Waals surface area contributed by atoms with E-state index in [0.29, 0.717) is 17.5 Å². The molecule has 7 nitrogen and oxygen atoms in total. The van der Waals surface area contributed by atoms with Crippen LogP contribution in [0.1, 0.15) is 62.7 Å². The molecule has 0 radical (unpaired) electrons. The van der Waals surface area contributed by atoms with Crippen molar-refractivity contribution >= 4 is 23.6 Å². The van der Waals surface area contributed by atoms with E-state index in [1.165, 1.54) is 5.56 Å². The molecular weight excluding hydrogens is 526 g/mol. The third-order valence-corrected chi connectivity index (χ3v) is 8.85. The normalized spacial score (nSPS) is 22.1. The maximum absolute atomic E-state index is 13.6. The summed E-state index contributed by atoms with van der Waals surface area (Å²) in [6.45, 7) is 4.99. The molecule has 0 aromatic heterocycles. The lowest BCUT2D eigenvalue weighted by molar-refractivity contribution is -0.140. The molecule has 2 fully saturated rings. The number of ether oxygens (including phenoxy) is 1. The third kappa shape index (κ3) is 7.77. The van der Waals surface area contributed by atoms with Crippen LogP contribution < -0.4 is 10.6 Å². The lowest BCUT2D eigenvalue weighted by Crippen LogP contribution is -2.45.